The van der Waals surface area contributed by atoms with E-state index in [0.29, 0.717) is 11.0 Å². The summed E-state index contributed by atoms with van der Waals surface area (Å²) in [5.41, 5.74) is 10.2. The summed E-state index contributed by atoms with van der Waals surface area (Å²) in [6.07, 6.45) is 0.450. The standard InChI is InChI=1S/C20H29N3O.C2HF3O2/c1-20(2)7-5-16(6-8-20)18-13-15(3-4-17(18)19(21)24)14-23-11-9-22-10-12-23;3-2(4,5)1(6)7/h3-5,13,22H,6-12,14H2,1-2H3,(H2,21,24);(H,6,7). The molecule has 1 amide bonds. The minimum atomic E-state index is -5.08. The Morgan fingerprint density at radius 3 is 2.32 bits per heavy atom. The molecule has 1 aromatic carbocycles. The number of carboxylic acids is 1. The van der Waals surface area contributed by atoms with Crippen molar-refractivity contribution < 1.29 is 27.9 Å². The number of nitrogens with two attached hydrogens (primary N) is 1. The highest BCUT2D eigenvalue weighted by Gasteiger charge is 2.38. The Balaban J connectivity index is 0.000000423. The summed E-state index contributed by atoms with van der Waals surface area (Å²) in [5.74, 6) is -3.09. The van der Waals surface area contributed by atoms with Gasteiger partial charge in [0, 0.05) is 38.3 Å². The molecule has 3 rings (SSSR count). The number of carboxylic acid groups (broad SMARTS) is 1. The monoisotopic (exact) mass is 441 g/mol. The van der Waals surface area contributed by atoms with Gasteiger partial charge in [-0.25, -0.2) is 4.79 Å². The highest BCUT2D eigenvalue weighted by molar-refractivity contribution is 5.98. The Kier molecular flexibility index (Phi) is 8.25. The minimum absolute atomic E-state index is 0.329. The third-order valence-corrected chi connectivity index (χ3v) is 5.53. The number of piperazine rings is 1. The molecule has 0 unspecified atom stereocenters. The first-order valence-electron chi connectivity index (χ1n) is 10.2. The van der Waals surface area contributed by atoms with E-state index in [1.54, 1.807) is 0 Å². The number of carbonyl (C=O) groups is 2. The van der Waals surface area contributed by atoms with E-state index >= 15 is 0 Å². The van der Waals surface area contributed by atoms with Gasteiger partial charge in [0.25, 0.3) is 0 Å². The Hall–Kier alpha value is -2.39. The highest BCUT2D eigenvalue weighted by Crippen LogP contribution is 2.39. The summed E-state index contributed by atoms with van der Waals surface area (Å²) in [6, 6.07) is 6.15. The maximum atomic E-state index is 11.9. The van der Waals surface area contributed by atoms with Crippen molar-refractivity contribution in [2.75, 3.05) is 26.2 Å². The van der Waals surface area contributed by atoms with Gasteiger partial charge in [-0.15, -0.1) is 0 Å². The minimum Gasteiger partial charge on any atom is -0.475 e. The number of nitrogens with one attached hydrogen (secondary N) is 1. The molecule has 6 nitrogen and oxygen atoms in total. The molecule has 1 saturated heterocycles. The van der Waals surface area contributed by atoms with Crippen LogP contribution in [0.4, 0.5) is 13.2 Å². The summed E-state index contributed by atoms with van der Waals surface area (Å²) < 4.78 is 31.7. The first kappa shape index (κ1) is 24.9. The Bertz CT molecular complexity index is 829. The average molecular weight is 441 g/mol. The fourth-order valence-electron chi connectivity index (χ4n) is 3.62. The number of hydrogen-bond acceptors (Lipinski definition) is 4. The second-order valence-corrected chi connectivity index (χ2v) is 8.67. The van der Waals surface area contributed by atoms with Gasteiger partial charge < -0.3 is 16.2 Å². The molecule has 31 heavy (non-hydrogen) atoms. The van der Waals surface area contributed by atoms with E-state index in [0.717, 1.165) is 57.5 Å². The number of alkyl halides is 3. The van der Waals surface area contributed by atoms with E-state index in [-0.39, 0.29) is 5.91 Å². The molecule has 172 valence electrons. The number of carbonyl (C=O) groups excluding carboxylic acids is 1. The molecule has 4 N–H and O–H groups in total. The molecule has 0 bridgehead atoms. The van der Waals surface area contributed by atoms with Crippen molar-refractivity contribution in [3.8, 4) is 0 Å². The molecule has 2 aliphatic rings. The first-order chi connectivity index (χ1) is 14.4. The van der Waals surface area contributed by atoms with Crippen LogP contribution in [-0.2, 0) is 11.3 Å². The number of nitrogens with zero attached hydrogens (tertiary/aromatic N) is 1. The predicted octanol–water partition coefficient (Wildman–Crippen LogP) is 3.42. The van der Waals surface area contributed by atoms with Gasteiger partial charge in [-0.3, -0.25) is 9.69 Å². The first-order valence-corrected chi connectivity index (χ1v) is 10.2. The third kappa shape index (κ3) is 7.66. The maximum absolute atomic E-state index is 11.9. The number of rotatable bonds is 4. The molecule has 9 heteroatoms. The van der Waals surface area contributed by atoms with E-state index in [9.17, 15) is 18.0 Å². The fraction of sp³-hybridized carbons (Fsp3) is 0.545. The zero-order chi connectivity index (χ0) is 23.2. The van der Waals surface area contributed by atoms with Crippen LogP contribution in [0.2, 0.25) is 0 Å². The summed E-state index contributed by atoms with van der Waals surface area (Å²) >= 11 is 0. The number of aliphatic carboxylic acids is 1. The van der Waals surface area contributed by atoms with E-state index in [1.165, 1.54) is 11.1 Å². The van der Waals surface area contributed by atoms with E-state index in [4.69, 9.17) is 15.6 Å². The van der Waals surface area contributed by atoms with E-state index in [1.807, 2.05) is 6.07 Å². The van der Waals surface area contributed by atoms with Crippen LogP contribution in [0.3, 0.4) is 0 Å². The van der Waals surface area contributed by atoms with Gasteiger partial charge in [-0.05, 0) is 53.5 Å². The molecule has 1 aromatic rings. The zero-order valence-corrected chi connectivity index (χ0v) is 17.9. The lowest BCUT2D eigenvalue weighted by Gasteiger charge is -2.30. The van der Waals surface area contributed by atoms with Crippen molar-refractivity contribution >= 4 is 17.4 Å². The molecule has 1 aliphatic carbocycles. The van der Waals surface area contributed by atoms with Crippen molar-refractivity contribution in [1.82, 2.24) is 10.2 Å². The maximum Gasteiger partial charge on any atom is 0.490 e. The lowest BCUT2D eigenvalue weighted by Crippen LogP contribution is -2.42. The van der Waals surface area contributed by atoms with Crippen molar-refractivity contribution in [1.29, 1.82) is 0 Å². The lowest BCUT2D eigenvalue weighted by atomic mass is 9.76. The third-order valence-electron chi connectivity index (χ3n) is 5.53. The van der Waals surface area contributed by atoms with Gasteiger partial charge >= 0.3 is 12.1 Å². The molecule has 0 aromatic heterocycles. The van der Waals surface area contributed by atoms with Gasteiger partial charge in [0.15, 0.2) is 0 Å². The van der Waals surface area contributed by atoms with Gasteiger partial charge in [-0.1, -0.05) is 26.0 Å². The summed E-state index contributed by atoms with van der Waals surface area (Å²) in [7, 11) is 0. The molecule has 0 saturated carbocycles. The Morgan fingerprint density at radius 1 is 1.23 bits per heavy atom. The van der Waals surface area contributed by atoms with Crippen LogP contribution in [0.5, 0.6) is 0 Å². The van der Waals surface area contributed by atoms with Crippen molar-refractivity contribution in [2.45, 2.75) is 45.8 Å². The summed E-state index contributed by atoms with van der Waals surface area (Å²) in [4.78, 5) is 23.2. The van der Waals surface area contributed by atoms with Crippen molar-refractivity contribution in [3.05, 3.63) is 41.0 Å². The highest BCUT2D eigenvalue weighted by atomic mass is 19.4. The lowest BCUT2D eigenvalue weighted by molar-refractivity contribution is -0.192. The van der Waals surface area contributed by atoms with Crippen LogP contribution in [0.1, 0.15) is 54.6 Å². The van der Waals surface area contributed by atoms with Crippen LogP contribution in [0, 0.1) is 5.41 Å². The zero-order valence-electron chi connectivity index (χ0n) is 17.9. The van der Waals surface area contributed by atoms with E-state index < -0.39 is 12.1 Å². The topological polar surface area (TPSA) is 95.7 Å². The number of amides is 1. The molecular weight excluding hydrogens is 411 g/mol. The van der Waals surface area contributed by atoms with Crippen LogP contribution < -0.4 is 11.1 Å². The molecule has 1 aliphatic heterocycles. The molecule has 1 fully saturated rings. The van der Waals surface area contributed by atoms with Crippen LogP contribution in [0.15, 0.2) is 24.3 Å². The van der Waals surface area contributed by atoms with Gasteiger partial charge in [0.1, 0.15) is 0 Å². The van der Waals surface area contributed by atoms with Gasteiger partial charge in [0.2, 0.25) is 5.91 Å². The Labute approximate surface area is 180 Å². The smallest absolute Gasteiger partial charge is 0.475 e. The number of primary amides is 1. The SMILES string of the molecule is CC1(C)CC=C(c2cc(CN3CCNCC3)ccc2C(N)=O)CC1.O=C(O)C(F)(F)F. The van der Waals surface area contributed by atoms with Crippen LogP contribution in [0.25, 0.3) is 5.57 Å². The Morgan fingerprint density at radius 2 is 1.84 bits per heavy atom. The van der Waals surface area contributed by atoms with Crippen molar-refractivity contribution in [3.63, 3.8) is 0 Å². The van der Waals surface area contributed by atoms with Crippen LogP contribution >= 0.6 is 0 Å². The number of halogens is 3. The molecule has 0 spiro atoms. The quantitative estimate of drug-likeness (QED) is 0.666. The van der Waals surface area contributed by atoms with Crippen LogP contribution in [-0.4, -0.2) is 54.2 Å². The molecular formula is C22H30F3N3O3. The summed E-state index contributed by atoms with van der Waals surface area (Å²) in [6.45, 7) is 9.78. The van der Waals surface area contributed by atoms with Gasteiger partial charge in [-0.2, -0.15) is 13.2 Å². The molecule has 0 radical (unpaired) electrons. The largest absolute Gasteiger partial charge is 0.490 e. The second-order valence-electron chi connectivity index (χ2n) is 8.67. The fourth-order valence-corrected chi connectivity index (χ4v) is 3.62. The van der Waals surface area contributed by atoms with E-state index in [2.05, 4.69) is 42.3 Å². The van der Waals surface area contributed by atoms with Gasteiger partial charge in [0.05, 0.1) is 0 Å². The average Bonchev–Trinajstić information content (AvgIpc) is 2.68. The number of allylic oxidation sites excluding steroid dienone is 2. The molecule has 1 heterocycles. The number of hydrogen-bond donors (Lipinski definition) is 3. The van der Waals surface area contributed by atoms with Crippen molar-refractivity contribution in [2.24, 2.45) is 11.1 Å². The molecule has 0 atom stereocenters. The predicted molar refractivity (Wildman–Crippen MR) is 112 cm³/mol. The second kappa shape index (κ2) is 10.3. The summed E-state index contributed by atoms with van der Waals surface area (Å²) in [5, 5.41) is 10.5. The number of benzene rings is 1. The normalized spacial score (nSPS) is 19.1.